The maximum atomic E-state index is 12.9. The van der Waals surface area contributed by atoms with Crippen LogP contribution in [0.25, 0.3) is 0 Å². The van der Waals surface area contributed by atoms with E-state index in [9.17, 15) is 14.0 Å². The molecule has 0 aliphatic rings. The van der Waals surface area contributed by atoms with E-state index in [4.69, 9.17) is 16.3 Å². The van der Waals surface area contributed by atoms with Gasteiger partial charge in [0.05, 0.1) is 0 Å². The van der Waals surface area contributed by atoms with Crippen molar-refractivity contribution in [1.29, 1.82) is 0 Å². The van der Waals surface area contributed by atoms with Crippen molar-refractivity contribution in [2.24, 2.45) is 0 Å². The number of hydrogen-bond donors (Lipinski definition) is 2. The average Bonchev–Trinajstić information content (AvgIpc) is 2.77. The summed E-state index contributed by atoms with van der Waals surface area (Å²) in [7, 11) is 0. The SMILES string of the molecule is O=C(COc1ccc(C(=O)NCc2ccc(F)cc2)cc1)NCc1ccc(Cl)cc1. The van der Waals surface area contributed by atoms with Crippen molar-refractivity contribution in [3.05, 3.63) is 100 Å². The van der Waals surface area contributed by atoms with Crippen LogP contribution in [0, 0.1) is 5.82 Å². The molecule has 0 heterocycles. The smallest absolute Gasteiger partial charge is 0.258 e. The van der Waals surface area contributed by atoms with Crippen LogP contribution in [0.4, 0.5) is 4.39 Å². The topological polar surface area (TPSA) is 67.4 Å². The Kier molecular flexibility index (Phi) is 7.40. The van der Waals surface area contributed by atoms with Crippen LogP contribution in [0.5, 0.6) is 5.75 Å². The Labute approximate surface area is 178 Å². The number of amides is 2. The van der Waals surface area contributed by atoms with Gasteiger partial charge in [0.15, 0.2) is 6.61 Å². The van der Waals surface area contributed by atoms with Gasteiger partial charge in [0, 0.05) is 23.7 Å². The Hall–Kier alpha value is -3.38. The summed E-state index contributed by atoms with van der Waals surface area (Å²) in [6, 6.07) is 19.6. The third kappa shape index (κ3) is 6.60. The van der Waals surface area contributed by atoms with Crippen LogP contribution in [0.2, 0.25) is 5.02 Å². The molecule has 0 fully saturated rings. The predicted octanol–water partition coefficient (Wildman–Crippen LogP) is 4.10. The highest BCUT2D eigenvalue weighted by molar-refractivity contribution is 6.30. The van der Waals surface area contributed by atoms with Crippen LogP contribution >= 0.6 is 11.6 Å². The van der Waals surface area contributed by atoms with Gasteiger partial charge in [-0.15, -0.1) is 0 Å². The van der Waals surface area contributed by atoms with Crippen LogP contribution in [-0.2, 0) is 17.9 Å². The van der Waals surface area contributed by atoms with E-state index in [1.54, 1.807) is 48.5 Å². The summed E-state index contributed by atoms with van der Waals surface area (Å²) in [5.74, 6) is -0.358. The molecule has 0 unspecified atom stereocenters. The van der Waals surface area contributed by atoms with Gasteiger partial charge in [0.2, 0.25) is 0 Å². The van der Waals surface area contributed by atoms with Crippen molar-refractivity contribution in [1.82, 2.24) is 10.6 Å². The fourth-order valence-corrected chi connectivity index (χ4v) is 2.72. The molecule has 5 nitrogen and oxygen atoms in total. The molecular formula is C23H20ClFN2O3. The van der Waals surface area contributed by atoms with Crippen LogP contribution in [0.15, 0.2) is 72.8 Å². The standard InChI is InChI=1S/C23H20ClFN2O3/c24-19-7-1-16(2-8-19)13-26-22(28)15-30-21-11-5-18(6-12-21)23(29)27-14-17-3-9-20(25)10-4-17/h1-12H,13-15H2,(H,26,28)(H,27,29). The third-order valence-corrected chi connectivity index (χ3v) is 4.51. The van der Waals surface area contributed by atoms with E-state index in [1.807, 2.05) is 12.1 Å². The summed E-state index contributed by atoms with van der Waals surface area (Å²) < 4.78 is 18.4. The second-order valence-electron chi connectivity index (χ2n) is 6.53. The zero-order valence-electron chi connectivity index (χ0n) is 16.0. The number of benzene rings is 3. The molecule has 0 aliphatic carbocycles. The quantitative estimate of drug-likeness (QED) is 0.569. The van der Waals surface area contributed by atoms with E-state index in [1.165, 1.54) is 12.1 Å². The summed E-state index contributed by atoms with van der Waals surface area (Å²) in [5.41, 5.74) is 2.19. The molecule has 0 saturated carbocycles. The lowest BCUT2D eigenvalue weighted by molar-refractivity contribution is -0.123. The van der Waals surface area contributed by atoms with Gasteiger partial charge < -0.3 is 15.4 Å². The van der Waals surface area contributed by atoms with Crippen molar-refractivity contribution in [2.75, 3.05) is 6.61 Å². The Balaban J connectivity index is 1.42. The van der Waals surface area contributed by atoms with Gasteiger partial charge in [-0.05, 0) is 59.7 Å². The maximum absolute atomic E-state index is 12.9. The second kappa shape index (κ2) is 10.4. The predicted molar refractivity (Wildman–Crippen MR) is 113 cm³/mol. The van der Waals surface area contributed by atoms with E-state index < -0.39 is 0 Å². The number of hydrogen-bond acceptors (Lipinski definition) is 3. The van der Waals surface area contributed by atoms with Gasteiger partial charge >= 0.3 is 0 Å². The third-order valence-electron chi connectivity index (χ3n) is 4.26. The first kappa shape index (κ1) is 21.3. The van der Waals surface area contributed by atoms with Crippen molar-refractivity contribution < 1.29 is 18.7 Å². The molecule has 3 aromatic carbocycles. The Bertz CT molecular complexity index is 990. The van der Waals surface area contributed by atoms with Crippen LogP contribution in [0.1, 0.15) is 21.5 Å². The number of rotatable bonds is 8. The largest absolute Gasteiger partial charge is 0.484 e. The summed E-state index contributed by atoms with van der Waals surface area (Å²) in [5, 5.41) is 6.16. The van der Waals surface area contributed by atoms with Gasteiger partial charge in [-0.25, -0.2) is 4.39 Å². The molecule has 7 heteroatoms. The monoisotopic (exact) mass is 426 g/mol. The number of carbonyl (C=O) groups excluding carboxylic acids is 2. The molecule has 3 rings (SSSR count). The number of halogens is 2. The summed E-state index contributed by atoms with van der Waals surface area (Å²) in [6.45, 7) is 0.543. The molecule has 0 saturated heterocycles. The highest BCUT2D eigenvalue weighted by atomic mass is 35.5. The molecule has 0 radical (unpaired) electrons. The fourth-order valence-electron chi connectivity index (χ4n) is 2.59. The molecule has 0 atom stereocenters. The lowest BCUT2D eigenvalue weighted by Crippen LogP contribution is -2.28. The van der Waals surface area contributed by atoms with Crippen molar-refractivity contribution in [3.63, 3.8) is 0 Å². The lowest BCUT2D eigenvalue weighted by atomic mass is 10.2. The molecule has 154 valence electrons. The van der Waals surface area contributed by atoms with E-state index in [0.717, 1.165) is 11.1 Å². The minimum atomic E-state index is -0.320. The van der Waals surface area contributed by atoms with Crippen LogP contribution < -0.4 is 15.4 Å². The Morgan fingerprint density at radius 2 is 1.37 bits per heavy atom. The summed E-state index contributed by atoms with van der Waals surface area (Å²) >= 11 is 5.83. The average molecular weight is 427 g/mol. The van der Waals surface area contributed by atoms with Gasteiger partial charge in [-0.2, -0.15) is 0 Å². The van der Waals surface area contributed by atoms with E-state index in [0.29, 0.717) is 29.4 Å². The van der Waals surface area contributed by atoms with Gasteiger partial charge in [-0.1, -0.05) is 35.9 Å². The first-order chi connectivity index (χ1) is 14.5. The fraction of sp³-hybridized carbons (Fsp3) is 0.130. The van der Waals surface area contributed by atoms with Gasteiger partial charge in [0.1, 0.15) is 11.6 Å². The molecule has 30 heavy (non-hydrogen) atoms. The first-order valence-electron chi connectivity index (χ1n) is 9.26. The van der Waals surface area contributed by atoms with E-state index >= 15 is 0 Å². The Morgan fingerprint density at radius 1 is 0.800 bits per heavy atom. The molecular weight excluding hydrogens is 407 g/mol. The molecule has 2 amide bonds. The molecule has 3 aromatic rings. The highest BCUT2D eigenvalue weighted by Crippen LogP contribution is 2.13. The Morgan fingerprint density at radius 3 is 2.00 bits per heavy atom. The normalized spacial score (nSPS) is 10.3. The second-order valence-corrected chi connectivity index (χ2v) is 6.96. The summed E-state index contributed by atoms with van der Waals surface area (Å²) in [4.78, 5) is 24.1. The summed E-state index contributed by atoms with van der Waals surface area (Å²) in [6.07, 6.45) is 0. The number of nitrogens with one attached hydrogen (secondary N) is 2. The first-order valence-corrected chi connectivity index (χ1v) is 9.64. The maximum Gasteiger partial charge on any atom is 0.258 e. The van der Waals surface area contributed by atoms with Crippen LogP contribution in [-0.4, -0.2) is 18.4 Å². The number of carbonyl (C=O) groups is 2. The van der Waals surface area contributed by atoms with E-state index in [-0.39, 0.29) is 24.2 Å². The van der Waals surface area contributed by atoms with Crippen LogP contribution in [0.3, 0.4) is 0 Å². The minimum absolute atomic E-state index is 0.135. The van der Waals surface area contributed by atoms with Gasteiger partial charge in [0.25, 0.3) is 11.8 Å². The molecule has 2 N–H and O–H groups in total. The van der Waals surface area contributed by atoms with E-state index in [2.05, 4.69) is 10.6 Å². The lowest BCUT2D eigenvalue weighted by Gasteiger charge is -2.09. The molecule has 0 bridgehead atoms. The van der Waals surface area contributed by atoms with Gasteiger partial charge in [-0.3, -0.25) is 9.59 Å². The van der Waals surface area contributed by atoms with Crippen molar-refractivity contribution in [3.8, 4) is 5.75 Å². The highest BCUT2D eigenvalue weighted by Gasteiger charge is 2.07. The zero-order valence-corrected chi connectivity index (χ0v) is 16.8. The minimum Gasteiger partial charge on any atom is -0.484 e. The molecule has 0 spiro atoms. The zero-order chi connectivity index (χ0) is 21.3. The van der Waals surface area contributed by atoms with Crippen molar-refractivity contribution >= 4 is 23.4 Å². The molecule has 0 aliphatic heterocycles. The number of ether oxygens (including phenoxy) is 1. The molecule has 0 aromatic heterocycles. The van der Waals surface area contributed by atoms with Crippen molar-refractivity contribution in [2.45, 2.75) is 13.1 Å².